The van der Waals surface area contributed by atoms with E-state index in [-0.39, 0.29) is 16.3 Å². The van der Waals surface area contributed by atoms with E-state index in [4.69, 9.17) is 4.74 Å². The van der Waals surface area contributed by atoms with Crippen molar-refractivity contribution >= 4 is 21.8 Å². The second kappa shape index (κ2) is 7.51. The molecule has 0 radical (unpaired) electrons. The Morgan fingerprint density at radius 2 is 1.78 bits per heavy atom. The maximum Gasteiger partial charge on any atom is 0.514 e. The Morgan fingerprint density at radius 3 is 2.30 bits per heavy atom. The van der Waals surface area contributed by atoms with Crippen LogP contribution in [0, 0.1) is 20.8 Å². The zero-order valence-corrected chi connectivity index (χ0v) is 16.9. The Bertz CT molecular complexity index is 1020. The number of carbonyl (C=O) groups excluding carboxylic acids is 2. The van der Waals surface area contributed by atoms with Gasteiger partial charge in [-0.3, -0.25) is 4.79 Å². The summed E-state index contributed by atoms with van der Waals surface area (Å²) in [5, 5.41) is 4.07. The minimum atomic E-state index is -3.43. The monoisotopic (exact) mass is 394 g/mol. The lowest BCUT2D eigenvalue weighted by atomic mass is 9.95. The molecule has 0 saturated carbocycles. The molecule has 1 aromatic carbocycles. The number of sulfone groups is 1. The van der Waals surface area contributed by atoms with Crippen LogP contribution >= 0.6 is 0 Å². The van der Waals surface area contributed by atoms with Gasteiger partial charge in [-0.05, 0) is 50.5 Å². The fraction of sp³-hybridized carbons (Fsp3) is 0.389. The average molecular weight is 394 g/mol. The van der Waals surface area contributed by atoms with E-state index in [2.05, 4.69) is 9.84 Å². The van der Waals surface area contributed by atoms with Crippen molar-refractivity contribution in [1.82, 2.24) is 9.78 Å². The van der Waals surface area contributed by atoms with Crippen LogP contribution in [0.3, 0.4) is 0 Å². The molecule has 0 N–H and O–H groups in total. The average Bonchev–Trinajstić information content (AvgIpc) is 2.98. The number of nitrogens with zero attached hydrogens (tertiary/aromatic N) is 2. The van der Waals surface area contributed by atoms with Crippen molar-refractivity contribution in [3.63, 3.8) is 0 Å². The quantitative estimate of drug-likeness (QED) is 0.567. The van der Waals surface area contributed by atoms with Crippen LogP contribution in [0.25, 0.3) is 0 Å². The SMILES string of the molecule is CCn1ncc(C(=O)c2cc(C)c(S(C)(=O)=O)c(C)c2C)c1OC(=O)OC. The highest BCUT2D eigenvalue weighted by atomic mass is 32.2. The Kier molecular flexibility index (Phi) is 5.74. The summed E-state index contributed by atoms with van der Waals surface area (Å²) >= 11 is 0. The molecule has 0 atom stereocenters. The summed E-state index contributed by atoms with van der Waals surface area (Å²) in [7, 11) is -2.27. The fourth-order valence-corrected chi connectivity index (χ4v) is 4.35. The van der Waals surface area contributed by atoms with Crippen molar-refractivity contribution in [2.75, 3.05) is 13.4 Å². The molecule has 1 heterocycles. The van der Waals surface area contributed by atoms with E-state index in [9.17, 15) is 18.0 Å². The first-order valence-corrected chi connectivity index (χ1v) is 10.1. The topological polar surface area (TPSA) is 105 Å². The van der Waals surface area contributed by atoms with E-state index < -0.39 is 21.8 Å². The summed E-state index contributed by atoms with van der Waals surface area (Å²) in [6.45, 7) is 7.15. The van der Waals surface area contributed by atoms with Gasteiger partial charge in [0.25, 0.3) is 0 Å². The van der Waals surface area contributed by atoms with Gasteiger partial charge in [-0.1, -0.05) is 0 Å². The van der Waals surface area contributed by atoms with Crippen molar-refractivity contribution in [3.05, 3.63) is 40.1 Å². The van der Waals surface area contributed by atoms with Gasteiger partial charge in [-0.2, -0.15) is 5.10 Å². The molecular weight excluding hydrogens is 372 g/mol. The van der Waals surface area contributed by atoms with Crippen molar-refractivity contribution in [1.29, 1.82) is 0 Å². The van der Waals surface area contributed by atoms with E-state index >= 15 is 0 Å². The summed E-state index contributed by atoms with van der Waals surface area (Å²) < 4.78 is 35.1. The molecule has 0 aliphatic heterocycles. The number of ketones is 1. The first kappa shape index (κ1) is 20.6. The van der Waals surface area contributed by atoms with Crippen LogP contribution in [-0.2, 0) is 21.1 Å². The maximum absolute atomic E-state index is 13.1. The Labute approximate surface area is 158 Å². The third-order valence-electron chi connectivity index (χ3n) is 4.32. The van der Waals surface area contributed by atoms with Gasteiger partial charge in [-0.25, -0.2) is 17.9 Å². The summed E-state index contributed by atoms with van der Waals surface area (Å²) in [5.74, 6) is -0.436. The highest BCUT2D eigenvalue weighted by molar-refractivity contribution is 7.90. The van der Waals surface area contributed by atoms with Crippen LogP contribution in [0.15, 0.2) is 17.2 Å². The minimum Gasteiger partial charge on any atom is -0.437 e. The number of hydrogen-bond acceptors (Lipinski definition) is 7. The predicted octanol–water partition coefficient (Wildman–Crippen LogP) is 2.61. The third-order valence-corrected chi connectivity index (χ3v) is 5.69. The number of carbonyl (C=O) groups is 2. The van der Waals surface area contributed by atoms with Gasteiger partial charge in [0.15, 0.2) is 15.6 Å². The largest absolute Gasteiger partial charge is 0.514 e. The van der Waals surface area contributed by atoms with E-state index in [0.29, 0.717) is 28.8 Å². The zero-order chi connectivity index (χ0) is 20.5. The molecule has 0 bridgehead atoms. The van der Waals surface area contributed by atoms with Crippen LogP contribution in [0.2, 0.25) is 0 Å². The minimum absolute atomic E-state index is 0.0174. The maximum atomic E-state index is 13.1. The van der Waals surface area contributed by atoms with Crippen LogP contribution in [0.5, 0.6) is 5.88 Å². The number of hydrogen-bond donors (Lipinski definition) is 0. The van der Waals surface area contributed by atoms with Gasteiger partial charge >= 0.3 is 6.16 Å². The second-order valence-electron chi connectivity index (χ2n) is 6.16. The molecule has 0 aliphatic carbocycles. The first-order chi connectivity index (χ1) is 12.5. The Morgan fingerprint density at radius 1 is 1.15 bits per heavy atom. The first-order valence-electron chi connectivity index (χ1n) is 8.20. The highest BCUT2D eigenvalue weighted by Gasteiger charge is 2.26. The molecule has 2 aromatic rings. The standard InChI is InChI=1S/C18H22N2O6S/c1-7-20-17(26-18(22)25-5)14(9-19-20)15(21)13-8-10(2)16(27(6,23)24)12(4)11(13)3/h8-9H,7H2,1-6H3. The zero-order valence-electron chi connectivity index (χ0n) is 16.1. The van der Waals surface area contributed by atoms with E-state index in [1.807, 2.05) is 0 Å². The van der Waals surface area contributed by atoms with Gasteiger partial charge in [0, 0.05) is 18.4 Å². The van der Waals surface area contributed by atoms with Crippen LogP contribution < -0.4 is 4.74 Å². The molecule has 0 spiro atoms. The molecule has 2 rings (SSSR count). The van der Waals surface area contributed by atoms with Gasteiger partial charge in [0.05, 0.1) is 18.2 Å². The number of aromatic nitrogens is 2. The molecule has 27 heavy (non-hydrogen) atoms. The van der Waals surface area contributed by atoms with Gasteiger partial charge < -0.3 is 9.47 Å². The van der Waals surface area contributed by atoms with Gasteiger partial charge in [-0.15, -0.1) is 0 Å². The molecule has 0 saturated heterocycles. The number of benzene rings is 1. The molecular formula is C18H22N2O6S. The van der Waals surface area contributed by atoms with Crippen molar-refractivity contribution in [2.24, 2.45) is 0 Å². The third kappa shape index (κ3) is 3.87. The molecule has 8 nitrogen and oxygen atoms in total. The molecule has 146 valence electrons. The summed E-state index contributed by atoms with van der Waals surface area (Å²) in [5.41, 5.74) is 1.94. The number of rotatable bonds is 5. The van der Waals surface area contributed by atoms with Gasteiger partial charge in [0.2, 0.25) is 5.88 Å². The van der Waals surface area contributed by atoms with E-state index in [1.165, 1.54) is 16.9 Å². The molecule has 1 aromatic heterocycles. The normalized spacial score (nSPS) is 11.3. The predicted molar refractivity (Wildman–Crippen MR) is 98.1 cm³/mol. The lowest BCUT2D eigenvalue weighted by Crippen LogP contribution is -2.15. The van der Waals surface area contributed by atoms with Crippen LogP contribution in [0.1, 0.15) is 39.5 Å². The Hall–Kier alpha value is -2.68. The molecule has 0 fully saturated rings. The lowest BCUT2D eigenvalue weighted by molar-refractivity contribution is 0.102. The fourth-order valence-electron chi connectivity index (χ4n) is 2.99. The van der Waals surface area contributed by atoms with E-state index in [0.717, 1.165) is 13.4 Å². The number of aryl methyl sites for hydroxylation is 2. The summed E-state index contributed by atoms with van der Waals surface area (Å²) in [6.07, 6.45) is 1.49. The van der Waals surface area contributed by atoms with Gasteiger partial charge in [0.1, 0.15) is 5.56 Å². The second-order valence-corrected chi connectivity index (χ2v) is 8.11. The highest BCUT2D eigenvalue weighted by Crippen LogP contribution is 2.30. The van der Waals surface area contributed by atoms with Crippen LogP contribution in [0.4, 0.5) is 4.79 Å². The number of methoxy groups -OCH3 is 1. The molecule has 9 heteroatoms. The van der Waals surface area contributed by atoms with Crippen molar-refractivity contribution < 1.29 is 27.5 Å². The number of ether oxygens (including phenoxy) is 2. The van der Waals surface area contributed by atoms with E-state index in [1.54, 1.807) is 27.7 Å². The molecule has 0 unspecified atom stereocenters. The van der Waals surface area contributed by atoms with Crippen molar-refractivity contribution in [3.8, 4) is 5.88 Å². The summed E-state index contributed by atoms with van der Waals surface area (Å²) in [6, 6.07) is 1.53. The lowest BCUT2D eigenvalue weighted by Gasteiger charge is -2.15. The van der Waals surface area contributed by atoms with Crippen molar-refractivity contribution in [2.45, 2.75) is 39.1 Å². The van der Waals surface area contributed by atoms with Crippen LogP contribution in [-0.4, -0.2) is 43.5 Å². The summed E-state index contributed by atoms with van der Waals surface area (Å²) in [4.78, 5) is 24.9. The molecule has 0 amide bonds. The molecule has 0 aliphatic rings. The Balaban J connectivity index is 2.63. The smallest absolute Gasteiger partial charge is 0.437 e.